The maximum Gasteiger partial charge on any atom is 0.170 e. The minimum absolute atomic E-state index is 0.0846. The number of carbonyl (C=O) groups is 1. The van der Waals surface area contributed by atoms with Crippen LogP contribution in [0.15, 0.2) is 29.3 Å². The molecule has 0 radical (unpaired) electrons. The zero-order chi connectivity index (χ0) is 13.0. The van der Waals surface area contributed by atoms with Crippen LogP contribution in [0.25, 0.3) is 0 Å². The monoisotopic (exact) mass is 246 g/mol. The van der Waals surface area contributed by atoms with Crippen molar-refractivity contribution in [3.05, 3.63) is 29.8 Å². The van der Waals surface area contributed by atoms with Crippen LogP contribution in [0.2, 0.25) is 0 Å². The van der Waals surface area contributed by atoms with Gasteiger partial charge in [-0.1, -0.05) is 12.1 Å². The molecule has 0 saturated carbocycles. The molecule has 4 heteroatoms. The van der Waals surface area contributed by atoms with Crippen molar-refractivity contribution in [1.29, 1.82) is 0 Å². The number of ether oxygens (including phenoxy) is 1. The number of rotatable bonds is 4. The van der Waals surface area contributed by atoms with Crippen molar-refractivity contribution in [2.45, 2.75) is 12.8 Å². The van der Waals surface area contributed by atoms with Crippen LogP contribution in [-0.2, 0) is 0 Å². The highest BCUT2D eigenvalue weighted by atomic mass is 16.5. The van der Waals surface area contributed by atoms with Crippen molar-refractivity contribution >= 4 is 11.6 Å². The van der Waals surface area contributed by atoms with Crippen LogP contribution in [-0.4, -0.2) is 43.8 Å². The average Bonchev–Trinajstić information content (AvgIpc) is 2.41. The highest BCUT2D eigenvalue weighted by Gasteiger charge is 2.16. The number of aliphatic imine (C=N–C) groups is 1. The molecule has 0 N–H and O–H groups in total. The van der Waals surface area contributed by atoms with Gasteiger partial charge < -0.3 is 9.64 Å². The van der Waals surface area contributed by atoms with E-state index in [0.717, 1.165) is 25.3 Å². The smallest absolute Gasteiger partial charge is 0.170 e. The predicted octanol–water partition coefficient (Wildman–Crippen LogP) is 2.00. The average molecular weight is 246 g/mol. The third-order valence-corrected chi connectivity index (χ3v) is 3.10. The third kappa shape index (κ3) is 2.88. The highest BCUT2D eigenvalue weighted by Crippen LogP contribution is 2.15. The number of carbonyl (C=O) groups excluding carboxylic acids is 1. The van der Waals surface area contributed by atoms with Gasteiger partial charge in [0, 0.05) is 25.7 Å². The van der Waals surface area contributed by atoms with E-state index < -0.39 is 0 Å². The summed E-state index contributed by atoms with van der Waals surface area (Å²) in [5.41, 5.74) is 0.677. The molecule has 0 atom stereocenters. The molecule has 1 aliphatic heterocycles. The molecule has 1 aromatic carbocycles. The van der Waals surface area contributed by atoms with Gasteiger partial charge in [-0.15, -0.1) is 0 Å². The molecular formula is C14H18N2O2. The summed E-state index contributed by atoms with van der Waals surface area (Å²) in [4.78, 5) is 18.6. The van der Waals surface area contributed by atoms with Gasteiger partial charge in [0.25, 0.3) is 0 Å². The number of benzene rings is 1. The zero-order valence-corrected chi connectivity index (χ0v) is 10.8. The zero-order valence-electron chi connectivity index (χ0n) is 10.8. The van der Waals surface area contributed by atoms with Gasteiger partial charge in [0.1, 0.15) is 11.6 Å². The van der Waals surface area contributed by atoms with Crippen molar-refractivity contribution in [2.24, 2.45) is 4.99 Å². The van der Waals surface area contributed by atoms with Crippen molar-refractivity contribution in [2.75, 3.05) is 27.2 Å². The van der Waals surface area contributed by atoms with Gasteiger partial charge in [-0.2, -0.15) is 0 Å². The third-order valence-electron chi connectivity index (χ3n) is 3.10. The Bertz CT molecular complexity index is 469. The summed E-state index contributed by atoms with van der Waals surface area (Å²) in [5.74, 6) is 1.68. The first-order valence-electron chi connectivity index (χ1n) is 6.12. The molecule has 96 valence electrons. The fourth-order valence-corrected chi connectivity index (χ4v) is 2.00. The minimum atomic E-state index is 0.0846. The number of nitrogens with zero attached hydrogens (tertiary/aromatic N) is 2. The van der Waals surface area contributed by atoms with E-state index in [1.54, 1.807) is 13.2 Å². The lowest BCUT2D eigenvalue weighted by Gasteiger charge is -2.24. The Hall–Kier alpha value is -1.84. The van der Waals surface area contributed by atoms with Crippen molar-refractivity contribution in [3.63, 3.8) is 0 Å². The number of Topliss-reactive ketones (excluding diaryl/α,β-unsaturated/α-hetero) is 1. The molecule has 1 aliphatic rings. The summed E-state index contributed by atoms with van der Waals surface area (Å²) in [6.45, 7) is 1.80. The van der Waals surface area contributed by atoms with E-state index in [9.17, 15) is 4.79 Å². The Labute approximate surface area is 107 Å². The molecule has 0 aromatic heterocycles. The summed E-state index contributed by atoms with van der Waals surface area (Å²) in [7, 11) is 3.58. The molecule has 0 amide bonds. The van der Waals surface area contributed by atoms with E-state index in [1.807, 2.05) is 25.2 Å². The summed E-state index contributed by atoms with van der Waals surface area (Å²) in [6.07, 6.45) is 1.43. The number of methoxy groups -OCH3 is 1. The van der Waals surface area contributed by atoms with Gasteiger partial charge in [0.2, 0.25) is 0 Å². The lowest BCUT2D eigenvalue weighted by Crippen LogP contribution is -2.33. The van der Waals surface area contributed by atoms with E-state index in [4.69, 9.17) is 4.74 Å². The van der Waals surface area contributed by atoms with Gasteiger partial charge >= 0.3 is 0 Å². The van der Waals surface area contributed by atoms with Crippen LogP contribution in [0.4, 0.5) is 0 Å². The molecular weight excluding hydrogens is 228 g/mol. The maximum absolute atomic E-state index is 12.2. The standard InChI is InChI=1S/C14H18N2O2/c1-16-8-4-7-15-14(16)10-13(17)11-5-3-6-12(9-11)18-2/h3,5-6,9H,4,7-8,10H2,1-2H3. The number of hydrogen-bond acceptors (Lipinski definition) is 4. The molecule has 18 heavy (non-hydrogen) atoms. The normalized spacial score (nSPS) is 15.2. The number of amidine groups is 1. The quantitative estimate of drug-likeness (QED) is 0.763. The maximum atomic E-state index is 12.2. The number of ketones is 1. The van der Waals surface area contributed by atoms with E-state index in [1.165, 1.54) is 0 Å². The van der Waals surface area contributed by atoms with Crippen LogP contribution in [0.1, 0.15) is 23.2 Å². The Morgan fingerprint density at radius 3 is 3.06 bits per heavy atom. The second-order valence-electron chi connectivity index (χ2n) is 4.40. The Balaban J connectivity index is 2.09. The van der Waals surface area contributed by atoms with Gasteiger partial charge in [-0.05, 0) is 18.6 Å². The fourth-order valence-electron chi connectivity index (χ4n) is 2.00. The molecule has 0 aliphatic carbocycles. The molecule has 1 heterocycles. The molecule has 0 bridgehead atoms. The molecule has 1 aromatic rings. The second-order valence-corrected chi connectivity index (χ2v) is 4.40. The van der Waals surface area contributed by atoms with E-state index in [0.29, 0.717) is 17.7 Å². The fraction of sp³-hybridized carbons (Fsp3) is 0.429. The predicted molar refractivity (Wildman–Crippen MR) is 71.5 cm³/mol. The topological polar surface area (TPSA) is 41.9 Å². The van der Waals surface area contributed by atoms with Crippen LogP contribution in [0.5, 0.6) is 5.75 Å². The largest absolute Gasteiger partial charge is 0.497 e. The Morgan fingerprint density at radius 1 is 1.50 bits per heavy atom. The second kappa shape index (κ2) is 5.67. The first-order chi connectivity index (χ1) is 8.70. The SMILES string of the molecule is COc1cccc(C(=O)CC2=NCCCN2C)c1. The minimum Gasteiger partial charge on any atom is -0.497 e. The Morgan fingerprint density at radius 2 is 2.33 bits per heavy atom. The highest BCUT2D eigenvalue weighted by molar-refractivity contribution is 6.09. The lowest BCUT2D eigenvalue weighted by molar-refractivity contribution is 0.0997. The summed E-state index contributed by atoms with van der Waals surface area (Å²) >= 11 is 0. The van der Waals surface area contributed by atoms with Crippen molar-refractivity contribution in [1.82, 2.24) is 4.90 Å². The van der Waals surface area contributed by atoms with Crippen LogP contribution < -0.4 is 4.74 Å². The van der Waals surface area contributed by atoms with Gasteiger partial charge in [0.05, 0.1) is 13.5 Å². The van der Waals surface area contributed by atoms with Crippen molar-refractivity contribution < 1.29 is 9.53 Å². The first kappa shape index (κ1) is 12.6. The van der Waals surface area contributed by atoms with E-state index in [-0.39, 0.29) is 5.78 Å². The molecule has 0 fully saturated rings. The molecule has 0 unspecified atom stereocenters. The van der Waals surface area contributed by atoms with Gasteiger partial charge in [-0.25, -0.2) is 0 Å². The molecule has 4 nitrogen and oxygen atoms in total. The first-order valence-corrected chi connectivity index (χ1v) is 6.12. The molecule has 2 rings (SSSR count). The summed E-state index contributed by atoms with van der Waals surface area (Å²) in [6, 6.07) is 7.25. The molecule has 0 saturated heterocycles. The van der Waals surface area contributed by atoms with Crippen molar-refractivity contribution in [3.8, 4) is 5.75 Å². The van der Waals surface area contributed by atoms with Crippen LogP contribution in [0.3, 0.4) is 0 Å². The number of hydrogen-bond donors (Lipinski definition) is 0. The molecule has 0 spiro atoms. The Kier molecular flexibility index (Phi) is 3.97. The van der Waals surface area contributed by atoms with Gasteiger partial charge in [-0.3, -0.25) is 9.79 Å². The van der Waals surface area contributed by atoms with Gasteiger partial charge in [0.15, 0.2) is 5.78 Å². The van der Waals surface area contributed by atoms with Crippen LogP contribution in [0, 0.1) is 0 Å². The van der Waals surface area contributed by atoms with Crippen LogP contribution >= 0.6 is 0 Å². The van der Waals surface area contributed by atoms with E-state index in [2.05, 4.69) is 9.89 Å². The summed E-state index contributed by atoms with van der Waals surface area (Å²) in [5, 5.41) is 0. The summed E-state index contributed by atoms with van der Waals surface area (Å²) < 4.78 is 5.12. The lowest BCUT2D eigenvalue weighted by atomic mass is 10.1. The van der Waals surface area contributed by atoms with E-state index >= 15 is 0 Å².